The molecule has 2 aliphatic rings. The van der Waals surface area contributed by atoms with E-state index in [4.69, 9.17) is 4.74 Å². The molecule has 0 saturated carbocycles. The first-order chi connectivity index (χ1) is 22.0. The fourth-order valence-electron chi connectivity index (χ4n) is 6.49. The lowest BCUT2D eigenvalue weighted by Crippen LogP contribution is -2.49. The maximum Gasteiger partial charge on any atom is 0.270 e. The van der Waals surface area contributed by atoms with Crippen LogP contribution in [0.1, 0.15) is 37.7 Å². The number of para-hydroxylation sites is 2. The van der Waals surface area contributed by atoms with Gasteiger partial charge < -0.3 is 24.0 Å². The van der Waals surface area contributed by atoms with Crippen LogP contribution < -0.4 is 14.5 Å². The molecule has 0 aliphatic carbocycles. The monoisotopic (exact) mass is 597 g/mol. The predicted molar refractivity (Wildman–Crippen MR) is 176 cm³/mol. The first-order valence-electron chi connectivity index (χ1n) is 15.3. The van der Waals surface area contributed by atoms with Gasteiger partial charge in [0.2, 0.25) is 0 Å². The molecular formula is C37H35N5O3. The number of aromatic nitrogens is 2. The smallest absolute Gasteiger partial charge is 0.270 e. The lowest BCUT2D eigenvalue weighted by Gasteiger charge is -2.35. The van der Waals surface area contributed by atoms with Gasteiger partial charge in [-0.3, -0.25) is 9.59 Å². The van der Waals surface area contributed by atoms with Crippen molar-refractivity contribution in [1.29, 1.82) is 0 Å². The molecule has 2 amide bonds. The zero-order valence-corrected chi connectivity index (χ0v) is 25.5. The average molecular weight is 598 g/mol. The Labute approximate surface area is 263 Å². The predicted octanol–water partition coefficient (Wildman–Crippen LogP) is 6.04. The van der Waals surface area contributed by atoms with E-state index >= 15 is 0 Å². The highest BCUT2D eigenvalue weighted by Gasteiger charge is 2.30. The summed E-state index contributed by atoms with van der Waals surface area (Å²) in [7, 11) is 1.67. The van der Waals surface area contributed by atoms with E-state index in [1.165, 1.54) is 0 Å². The number of hydrogen-bond donors (Lipinski definition) is 0. The number of ether oxygens (including phenoxy) is 1. The van der Waals surface area contributed by atoms with E-state index in [0.29, 0.717) is 37.4 Å². The van der Waals surface area contributed by atoms with E-state index in [9.17, 15) is 9.59 Å². The molecule has 2 aromatic heterocycles. The Morgan fingerprint density at radius 1 is 0.756 bits per heavy atom. The van der Waals surface area contributed by atoms with Gasteiger partial charge in [-0.25, -0.2) is 4.98 Å². The summed E-state index contributed by atoms with van der Waals surface area (Å²) in [5, 5.41) is 0. The van der Waals surface area contributed by atoms with Gasteiger partial charge in [0, 0.05) is 54.9 Å². The van der Waals surface area contributed by atoms with Crippen molar-refractivity contribution in [1.82, 2.24) is 14.5 Å². The Morgan fingerprint density at radius 2 is 1.53 bits per heavy atom. The molecule has 4 heterocycles. The number of carbonyl (C=O) groups excluding carboxylic acids is 2. The van der Waals surface area contributed by atoms with Gasteiger partial charge in [-0.2, -0.15) is 0 Å². The second-order valence-electron chi connectivity index (χ2n) is 11.5. The first kappa shape index (κ1) is 28.4. The number of hydrogen-bond acceptors (Lipinski definition) is 5. The standard InChI is InChI=1S/C37H35N5O3/c1-26-23-27(14-16-30(26)31-10-4-6-12-34(31)45-2)36(43)42-25-29-15-17-33(41(29)24-28-9-3-5-11-32(28)42)37(44)40-21-19-39(20-22-40)35-13-7-8-18-38-35/h3-18,23H,19-22,24-25H2,1-2H3. The van der Waals surface area contributed by atoms with Gasteiger partial charge in [-0.1, -0.05) is 48.5 Å². The second kappa shape index (κ2) is 12.0. The van der Waals surface area contributed by atoms with Crippen LogP contribution in [0.2, 0.25) is 0 Å². The summed E-state index contributed by atoms with van der Waals surface area (Å²) in [5.74, 6) is 1.67. The minimum Gasteiger partial charge on any atom is -0.496 e. The van der Waals surface area contributed by atoms with Crippen LogP contribution in [-0.4, -0.2) is 59.6 Å². The molecule has 0 bridgehead atoms. The molecule has 1 fully saturated rings. The van der Waals surface area contributed by atoms with Crippen LogP contribution in [0.25, 0.3) is 11.1 Å². The van der Waals surface area contributed by atoms with Crippen LogP contribution >= 0.6 is 0 Å². The van der Waals surface area contributed by atoms with Gasteiger partial charge in [-0.05, 0) is 72.1 Å². The molecule has 5 aromatic rings. The van der Waals surface area contributed by atoms with Crippen molar-refractivity contribution in [3.8, 4) is 16.9 Å². The summed E-state index contributed by atoms with van der Waals surface area (Å²) in [6, 6.07) is 31.5. The first-order valence-corrected chi connectivity index (χ1v) is 15.3. The number of rotatable bonds is 5. The Hall–Kier alpha value is -5.37. The van der Waals surface area contributed by atoms with E-state index in [1.54, 1.807) is 13.3 Å². The number of methoxy groups -OCH3 is 1. The molecular weight excluding hydrogens is 562 g/mol. The largest absolute Gasteiger partial charge is 0.496 e. The van der Waals surface area contributed by atoms with Crippen molar-refractivity contribution in [2.24, 2.45) is 0 Å². The van der Waals surface area contributed by atoms with Gasteiger partial charge in [0.15, 0.2) is 0 Å². The molecule has 0 spiro atoms. The molecule has 226 valence electrons. The second-order valence-corrected chi connectivity index (χ2v) is 11.5. The molecule has 8 heteroatoms. The molecule has 2 aliphatic heterocycles. The SMILES string of the molecule is COc1ccccc1-c1ccc(C(=O)N2Cc3ccc(C(=O)N4CCN(c5ccccn5)CC4)n3Cc3ccccc32)cc1C. The summed E-state index contributed by atoms with van der Waals surface area (Å²) < 4.78 is 7.66. The van der Waals surface area contributed by atoms with Gasteiger partial charge in [0.1, 0.15) is 17.3 Å². The third-order valence-corrected chi connectivity index (χ3v) is 8.88. The van der Waals surface area contributed by atoms with Crippen molar-refractivity contribution in [3.05, 3.63) is 131 Å². The third-order valence-electron chi connectivity index (χ3n) is 8.88. The van der Waals surface area contributed by atoms with Crippen molar-refractivity contribution in [3.63, 3.8) is 0 Å². The number of anilines is 2. The Kier molecular flexibility index (Phi) is 7.55. The Bertz CT molecular complexity index is 1870. The average Bonchev–Trinajstić information content (AvgIpc) is 3.40. The van der Waals surface area contributed by atoms with Crippen LogP contribution in [-0.2, 0) is 13.1 Å². The van der Waals surface area contributed by atoms with Crippen LogP contribution in [0.3, 0.4) is 0 Å². The summed E-state index contributed by atoms with van der Waals surface area (Å²) in [5.41, 5.74) is 7.06. The van der Waals surface area contributed by atoms with Crippen LogP contribution in [0, 0.1) is 6.92 Å². The number of fused-ring (bicyclic) bond motifs is 2. The highest BCUT2D eigenvalue weighted by molar-refractivity contribution is 6.07. The van der Waals surface area contributed by atoms with Crippen molar-refractivity contribution in [2.45, 2.75) is 20.0 Å². The number of piperazine rings is 1. The molecule has 7 rings (SSSR count). The van der Waals surface area contributed by atoms with E-state index in [0.717, 1.165) is 58.3 Å². The molecule has 45 heavy (non-hydrogen) atoms. The topological polar surface area (TPSA) is 70.9 Å². The van der Waals surface area contributed by atoms with Gasteiger partial charge >= 0.3 is 0 Å². The van der Waals surface area contributed by atoms with Crippen LogP contribution in [0.5, 0.6) is 5.75 Å². The maximum absolute atomic E-state index is 14.2. The van der Waals surface area contributed by atoms with E-state index < -0.39 is 0 Å². The van der Waals surface area contributed by atoms with Crippen LogP contribution in [0.15, 0.2) is 103 Å². The molecule has 8 nitrogen and oxygen atoms in total. The summed E-state index contributed by atoms with van der Waals surface area (Å²) >= 11 is 0. The summed E-state index contributed by atoms with van der Waals surface area (Å²) in [4.78, 5) is 38.5. The Balaban J connectivity index is 1.15. The lowest BCUT2D eigenvalue weighted by molar-refractivity contribution is 0.0735. The highest BCUT2D eigenvalue weighted by Crippen LogP contribution is 2.34. The van der Waals surface area contributed by atoms with Crippen molar-refractivity contribution in [2.75, 3.05) is 43.1 Å². The van der Waals surface area contributed by atoms with E-state index in [1.807, 2.05) is 114 Å². The van der Waals surface area contributed by atoms with Gasteiger partial charge in [0.05, 0.1) is 20.2 Å². The summed E-state index contributed by atoms with van der Waals surface area (Å²) in [6.07, 6.45) is 1.80. The molecule has 1 saturated heterocycles. The summed E-state index contributed by atoms with van der Waals surface area (Å²) in [6.45, 7) is 5.62. The van der Waals surface area contributed by atoms with Crippen molar-refractivity contribution >= 4 is 23.3 Å². The molecule has 0 radical (unpaired) electrons. The van der Waals surface area contributed by atoms with E-state index in [-0.39, 0.29) is 11.8 Å². The number of nitrogens with zero attached hydrogens (tertiary/aromatic N) is 5. The molecule has 3 aromatic carbocycles. The maximum atomic E-state index is 14.2. The number of amides is 2. The zero-order chi connectivity index (χ0) is 30.9. The van der Waals surface area contributed by atoms with Crippen LogP contribution in [0.4, 0.5) is 11.5 Å². The molecule has 0 unspecified atom stereocenters. The number of pyridine rings is 1. The highest BCUT2D eigenvalue weighted by atomic mass is 16.5. The minimum atomic E-state index is -0.0784. The zero-order valence-electron chi connectivity index (χ0n) is 25.5. The third kappa shape index (κ3) is 5.33. The Morgan fingerprint density at radius 3 is 2.31 bits per heavy atom. The lowest BCUT2D eigenvalue weighted by atomic mass is 9.97. The molecule has 0 N–H and O–H groups in total. The number of aryl methyl sites for hydroxylation is 1. The normalized spacial score (nSPS) is 14.4. The van der Waals surface area contributed by atoms with E-state index in [2.05, 4.69) is 14.5 Å². The number of carbonyl (C=O) groups is 2. The fourth-order valence-corrected chi connectivity index (χ4v) is 6.49. The number of benzene rings is 3. The van der Waals surface area contributed by atoms with Gasteiger partial charge in [0.25, 0.3) is 11.8 Å². The minimum absolute atomic E-state index is 0.0155. The molecule has 0 atom stereocenters. The van der Waals surface area contributed by atoms with Gasteiger partial charge in [-0.15, -0.1) is 0 Å². The quantitative estimate of drug-likeness (QED) is 0.247. The fraction of sp³-hybridized carbons (Fsp3) is 0.216. The van der Waals surface area contributed by atoms with Crippen molar-refractivity contribution < 1.29 is 14.3 Å².